The minimum atomic E-state index is -3.55. The number of nitrogens with zero attached hydrogens (tertiary/aromatic N) is 1. The van der Waals surface area contributed by atoms with Crippen LogP contribution < -0.4 is 5.73 Å². The fraction of sp³-hybridized carbons (Fsp3) is 0.533. The van der Waals surface area contributed by atoms with E-state index < -0.39 is 16.0 Å². The minimum Gasteiger partial charge on any atom is -0.465 e. The van der Waals surface area contributed by atoms with Gasteiger partial charge < -0.3 is 10.5 Å². The molecule has 0 bridgehead atoms. The highest BCUT2D eigenvalue weighted by Crippen LogP contribution is 2.25. The van der Waals surface area contributed by atoms with Crippen molar-refractivity contribution >= 4 is 16.0 Å². The van der Waals surface area contributed by atoms with Crippen LogP contribution in [0, 0.1) is 5.92 Å². The van der Waals surface area contributed by atoms with Gasteiger partial charge in [-0.2, -0.15) is 4.31 Å². The van der Waals surface area contributed by atoms with E-state index in [1.807, 2.05) is 6.92 Å². The van der Waals surface area contributed by atoms with Crippen molar-refractivity contribution in [1.29, 1.82) is 0 Å². The highest BCUT2D eigenvalue weighted by atomic mass is 32.2. The molecule has 1 fully saturated rings. The van der Waals surface area contributed by atoms with Crippen LogP contribution in [0.5, 0.6) is 0 Å². The van der Waals surface area contributed by atoms with E-state index in [4.69, 9.17) is 5.73 Å². The van der Waals surface area contributed by atoms with Crippen molar-refractivity contribution in [1.82, 2.24) is 4.31 Å². The summed E-state index contributed by atoms with van der Waals surface area (Å²) < 4.78 is 31.4. The molecule has 2 unspecified atom stereocenters. The number of sulfonamides is 1. The molecule has 0 spiro atoms. The lowest BCUT2D eigenvalue weighted by Crippen LogP contribution is -2.44. The molecular formula is C15H22N2O4S. The molecule has 2 atom stereocenters. The van der Waals surface area contributed by atoms with E-state index in [0.717, 1.165) is 12.8 Å². The van der Waals surface area contributed by atoms with E-state index in [1.165, 1.54) is 35.7 Å². The summed E-state index contributed by atoms with van der Waals surface area (Å²) in [6.45, 7) is 2.86. The van der Waals surface area contributed by atoms with Crippen LogP contribution in [0.4, 0.5) is 0 Å². The van der Waals surface area contributed by atoms with Crippen LogP contribution in [0.3, 0.4) is 0 Å². The van der Waals surface area contributed by atoms with Crippen LogP contribution in [0.15, 0.2) is 29.2 Å². The summed E-state index contributed by atoms with van der Waals surface area (Å²) >= 11 is 0. The second kappa shape index (κ2) is 6.76. The van der Waals surface area contributed by atoms with E-state index in [-0.39, 0.29) is 16.9 Å². The van der Waals surface area contributed by atoms with Crippen molar-refractivity contribution in [3.8, 4) is 0 Å². The second-order valence-electron chi connectivity index (χ2n) is 5.64. The largest absolute Gasteiger partial charge is 0.465 e. The van der Waals surface area contributed by atoms with Crippen LogP contribution in [0.25, 0.3) is 0 Å². The molecule has 1 aromatic carbocycles. The SMILES string of the molecule is COC(=O)c1ccc(S(=O)(=O)N2CCCC(C(C)N)C2)cc1. The van der Waals surface area contributed by atoms with Crippen LogP contribution in [-0.4, -0.2) is 44.9 Å². The van der Waals surface area contributed by atoms with Crippen molar-refractivity contribution in [2.24, 2.45) is 11.7 Å². The molecule has 2 rings (SSSR count). The molecule has 22 heavy (non-hydrogen) atoms. The Labute approximate surface area is 131 Å². The van der Waals surface area contributed by atoms with Gasteiger partial charge in [0.25, 0.3) is 0 Å². The lowest BCUT2D eigenvalue weighted by atomic mass is 9.93. The normalized spacial score (nSPS) is 21.3. The zero-order valence-corrected chi connectivity index (χ0v) is 13.7. The molecule has 0 aliphatic carbocycles. The number of ether oxygens (including phenoxy) is 1. The number of rotatable bonds is 4. The highest BCUT2D eigenvalue weighted by Gasteiger charge is 2.31. The number of piperidine rings is 1. The third kappa shape index (κ3) is 3.48. The maximum Gasteiger partial charge on any atom is 0.337 e. The number of methoxy groups -OCH3 is 1. The molecule has 0 radical (unpaired) electrons. The van der Waals surface area contributed by atoms with Crippen molar-refractivity contribution in [2.45, 2.75) is 30.7 Å². The summed E-state index contributed by atoms with van der Waals surface area (Å²) in [5.74, 6) is -0.309. The number of nitrogens with two attached hydrogens (primary N) is 1. The van der Waals surface area contributed by atoms with Gasteiger partial charge >= 0.3 is 5.97 Å². The van der Waals surface area contributed by atoms with Gasteiger partial charge in [-0.1, -0.05) is 0 Å². The Bertz CT molecular complexity index is 625. The lowest BCUT2D eigenvalue weighted by Gasteiger charge is -2.33. The van der Waals surface area contributed by atoms with Crippen molar-refractivity contribution in [2.75, 3.05) is 20.2 Å². The molecular weight excluding hydrogens is 304 g/mol. The Morgan fingerprint density at radius 3 is 2.55 bits per heavy atom. The maximum atomic E-state index is 12.7. The minimum absolute atomic E-state index is 0.0281. The molecule has 1 aliphatic rings. The molecule has 1 heterocycles. The van der Waals surface area contributed by atoms with Crippen molar-refractivity contribution in [3.05, 3.63) is 29.8 Å². The maximum absolute atomic E-state index is 12.7. The Morgan fingerprint density at radius 2 is 2.00 bits per heavy atom. The van der Waals surface area contributed by atoms with Gasteiger partial charge in [0.2, 0.25) is 10.0 Å². The van der Waals surface area contributed by atoms with Crippen molar-refractivity contribution in [3.63, 3.8) is 0 Å². The molecule has 122 valence electrons. The van der Waals surface area contributed by atoms with Gasteiger partial charge in [-0.15, -0.1) is 0 Å². The average Bonchev–Trinajstić information content (AvgIpc) is 2.54. The molecule has 1 aromatic rings. The summed E-state index contributed by atoms with van der Waals surface area (Å²) in [6, 6.07) is 5.78. The first kappa shape index (κ1) is 16.9. The Kier molecular flexibility index (Phi) is 5.20. The van der Waals surface area contributed by atoms with Crippen LogP contribution >= 0.6 is 0 Å². The first-order valence-electron chi connectivity index (χ1n) is 7.30. The molecule has 0 aromatic heterocycles. The third-order valence-corrected chi connectivity index (χ3v) is 5.96. The quantitative estimate of drug-likeness (QED) is 0.840. The summed E-state index contributed by atoms with van der Waals surface area (Å²) in [4.78, 5) is 11.6. The first-order valence-corrected chi connectivity index (χ1v) is 8.74. The second-order valence-corrected chi connectivity index (χ2v) is 7.58. The van der Waals surface area contributed by atoms with Gasteiger partial charge in [0.15, 0.2) is 0 Å². The Balaban J connectivity index is 2.21. The zero-order chi connectivity index (χ0) is 16.3. The number of hydrogen-bond donors (Lipinski definition) is 1. The van der Waals surface area contributed by atoms with E-state index in [0.29, 0.717) is 18.7 Å². The topological polar surface area (TPSA) is 89.7 Å². The summed E-state index contributed by atoms with van der Waals surface area (Å²) in [6.07, 6.45) is 1.76. The van der Waals surface area contributed by atoms with Gasteiger partial charge in [-0.25, -0.2) is 13.2 Å². The molecule has 0 saturated carbocycles. The zero-order valence-electron chi connectivity index (χ0n) is 12.9. The number of carbonyl (C=O) groups is 1. The van der Waals surface area contributed by atoms with E-state index >= 15 is 0 Å². The molecule has 2 N–H and O–H groups in total. The summed E-state index contributed by atoms with van der Waals surface area (Å²) in [7, 11) is -2.27. The number of hydrogen-bond acceptors (Lipinski definition) is 5. The van der Waals surface area contributed by atoms with E-state index in [2.05, 4.69) is 4.74 Å². The standard InChI is InChI=1S/C15H22N2O4S/c1-11(16)13-4-3-9-17(10-13)22(19,20)14-7-5-12(6-8-14)15(18)21-2/h5-8,11,13H,3-4,9-10,16H2,1-2H3. The summed E-state index contributed by atoms with van der Waals surface area (Å²) in [5, 5.41) is 0. The number of carbonyl (C=O) groups excluding carboxylic acids is 1. The average molecular weight is 326 g/mol. The van der Waals surface area contributed by atoms with E-state index in [1.54, 1.807) is 0 Å². The molecule has 1 saturated heterocycles. The number of esters is 1. The Morgan fingerprint density at radius 1 is 1.36 bits per heavy atom. The van der Waals surface area contributed by atoms with Gasteiger partial charge in [0.1, 0.15) is 0 Å². The van der Waals surface area contributed by atoms with Gasteiger partial charge in [-0.3, -0.25) is 0 Å². The van der Waals surface area contributed by atoms with E-state index in [9.17, 15) is 13.2 Å². The predicted molar refractivity (Wildman–Crippen MR) is 82.9 cm³/mol. The fourth-order valence-electron chi connectivity index (χ4n) is 2.65. The van der Waals surface area contributed by atoms with Crippen LogP contribution in [-0.2, 0) is 14.8 Å². The van der Waals surface area contributed by atoms with Crippen molar-refractivity contribution < 1.29 is 17.9 Å². The van der Waals surface area contributed by atoms with Gasteiger partial charge in [0.05, 0.1) is 17.6 Å². The first-order chi connectivity index (χ1) is 10.4. The number of benzene rings is 1. The summed E-state index contributed by atoms with van der Waals surface area (Å²) in [5.41, 5.74) is 6.23. The monoisotopic (exact) mass is 326 g/mol. The predicted octanol–water partition coefficient (Wildman–Crippen LogP) is 1.22. The molecule has 1 aliphatic heterocycles. The molecule has 0 amide bonds. The lowest BCUT2D eigenvalue weighted by molar-refractivity contribution is 0.0600. The Hall–Kier alpha value is -1.44. The molecule has 7 heteroatoms. The van der Waals surface area contributed by atoms with Gasteiger partial charge in [-0.05, 0) is 49.9 Å². The molecule has 6 nitrogen and oxygen atoms in total. The van der Waals surface area contributed by atoms with Crippen LogP contribution in [0.1, 0.15) is 30.1 Å². The fourth-order valence-corrected chi connectivity index (χ4v) is 4.19. The highest BCUT2D eigenvalue weighted by molar-refractivity contribution is 7.89. The van der Waals surface area contributed by atoms with Crippen LogP contribution in [0.2, 0.25) is 0 Å². The smallest absolute Gasteiger partial charge is 0.337 e. The third-order valence-electron chi connectivity index (χ3n) is 4.08. The van der Waals surface area contributed by atoms with Gasteiger partial charge in [0, 0.05) is 19.1 Å².